The van der Waals surface area contributed by atoms with E-state index in [-0.39, 0.29) is 0 Å². The highest BCUT2D eigenvalue weighted by atomic mass is 35.5. The van der Waals surface area contributed by atoms with Gasteiger partial charge < -0.3 is 4.74 Å². The third kappa shape index (κ3) is 2.91. The Morgan fingerprint density at radius 2 is 1.62 bits per heavy atom. The summed E-state index contributed by atoms with van der Waals surface area (Å²) in [7, 11) is 1.68. The lowest BCUT2D eigenvalue weighted by molar-refractivity contribution is 0.420. The van der Waals surface area contributed by atoms with Gasteiger partial charge in [-0.1, -0.05) is 48.0 Å². The molecular formula is C18H14ClNO. The Kier molecular flexibility index (Phi) is 3.89. The minimum absolute atomic E-state index is 0.724. The van der Waals surface area contributed by atoms with Crippen molar-refractivity contribution in [2.75, 3.05) is 7.11 Å². The second-order valence-electron chi connectivity index (χ2n) is 4.64. The molecule has 0 N–H and O–H groups in total. The molecule has 3 aromatic rings. The fourth-order valence-corrected chi connectivity index (χ4v) is 2.37. The molecule has 104 valence electrons. The van der Waals surface area contributed by atoms with Crippen LogP contribution in [0.4, 0.5) is 5.69 Å². The van der Waals surface area contributed by atoms with Crippen LogP contribution in [0.25, 0.3) is 10.8 Å². The van der Waals surface area contributed by atoms with Crippen LogP contribution in [0.2, 0.25) is 5.02 Å². The molecule has 2 nitrogen and oxygen atoms in total. The summed E-state index contributed by atoms with van der Waals surface area (Å²) in [6.07, 6.45) is 1.84. The van der Waals surface area contributed by atoms with Crippen molar-refractivity contribution >= 4 is 34.3 Å². The molecule has 3 aromatic carbocycles. The van der Waals surface area contributed by atoms with E-state index in [0.717, 1.165) is 32.8 Å². The van der Waals surface area contributed by atoms with E-state index < -0.39 is 0 Å². The number of ether oxygens (including phenoxy) is 1. The van der Waals surface area contributed by atoms with Gasteiger partial charge in [-0.25, -0.2) is 0 Å². The molecule has 0 aromatic heterocycles. The van der Waals surface area contributed by atoms with Gasteiger partial charge in [0.15, 0.2) is 0 Å². The monoisotopic (exact) mass is 295 g/mol. The van der Waals surface area contributed by atoms with E-state index in [2.05, 4.69) is 4.99 Å². The van der Waals surface area contributed by atoms with Gasteiger partial charge in [0, 0.05) is 22.0 Å². The molecule has 0 saturated heterocycles. The molecule has 0 spiro atoms. The second kappa shape index (κ2) is 5.98. The molecule has 0 unspecified atom stereocenters. The minimum Gasteiger partial charge on any atom is -0.496 e. The first-order chi connectivity index (χ1) is 10.3. The maximum atomic E-state index is 5.88. The van der Waals surface area contributed by atoms with Crippen molar-refractivity contribution in [3.8, 4) is 5.75 Å². The van der Waals surface area contributed by atoms with E-state index in [1.807, 2.05) is 66.9 Å². The number of aliphatic imine (C=N–C) groups is 1. The number of fused-ring (bicyclic) bond motifs is 1. The SMILES string of the molecule is COc1ccc(N=Cc2ccc(Cl)cc2)c2ccccc12. The summed E-state index contributed by atoms with van der Waals surface area (Å²) in [5.41, 5.74) is 1.93. The number of rotatable bonds is 3. The Morgan fingerprint density at radius 1 is 0.905 bits per heavy atom. The average molecular weight is 296 g/mol. The molecule has 0 aliphatic rings. The van der Waals surface area contributed by atoms with Crippen molar-refractivity contribution in [1.29, 1.82) is 0 Å². The van der Waals surface area contributed by atoms with Crippen LogP contribution in [-0.2, 0) is 0 Å². The van der Waals surface area contributed by atoms with Gasteiger partial charge in [-0.05, 0) is 29.8 Å². The molecule has 0 fully saturated rings. The lowest BCUT2D eigenvalue weighted by atomic mass is 10.1. The third-order valence-corrected chi connectivity index (χ3v) is 3.56. The van der Waals surface area contributed by atoms with E-state index in [0.29, 0.717) is 0 Å². The topological polar surface area (TPSA) is 21.6 Å². The minimum atomic E-state index is 0.724. The number of nitrogens with zero attached hydrogens (tertiary/aromatic N) is 1. The molecule has 0 bridgehead atoms. The summed E-state index contributed by atoms with van der Waals surface area (Å²) in [5.74, 6) is 0.857. The summed E-state index contributed by atoms with van der Waals surface area (Å²) in [5, 5.41) is 2.86. The average Bonchev–Trinajstić information content (AvgIpc) is 2.54. The summed E-state index contributed by atoms with van der Waals surface area (Å²) < 4.78 is 5.39. The molecule has 0 aliphatic carbocycles. The molecule has 0 radical (unpaired) electrons. The lowest BCUT2D eigenvalue weighted by Gasteiger charge is -2.07. The quantitative estimate of drug-likeness (QED) is 0.605. The number of methoxy groups -OCH3 is 1. The van der Waals surface area contributed by atoms with Gasteiger partial charge in [0.1, 0.15) is 5.75 Å². The molecular weight excluding hydrogens is 282 g/mol. The Labute approximate surface area is 128 Å². The van der Waals surface area contributed by atoms with Crippen LogP contribution in [0.15, 0.2) is 65.7 Å². The van der Waals surface area contributed by atoms with Crippen molar-refractivity contribution in [3.05, 3.63) is 71.2 Å². The van der Waals surface area contributed by atoms with Crippen LogP contribution in [0.3, 0.4) is 0 Å². The predicted molar refractivity (Wildman–Crippen MR) is 89.2 cm³/mol. The van der Waals surface area contributed by atoms with Gasteiger partial charge in [-0.3, -0.25) is 4.99 Å². The molecule has 3 rings (SSSR count). The highest BCUT2D eigenvalue weighted by molar-refractivity contribution is 6.30. The number of halogens is 1. The van der Waals surface area contributed by atoms with Crippen LogP contribution >= 0.6 is 11.6 Å². The molecule has 0 atom stereocenters. The summed E-state index contributed by atoms with van der Waals surface area (Å²) in [4.78, 5) is 4.59. The van der Waals surface area contributed by atoms with Crippen molar-refractivity contribution in [1.82, 2.24) is 0 Å². The third-order valence-electron chi connectivity index (χ3n) is 3.30. The first-order valence-corrected chi connectivity index (χ1v) is 7.01. The summed E-state index contributed by atoms with van der Waals surface area (Å²) in [6, 6.07) is 19.6. The van der Waals surface area contributed by atoms with Crippen molar-refractivity contribution in [2.45, 2.75) is 0 Å². The molecule has 21 heavy (non-hydrogen) atoms. The summed E-state index contributed by atoms with van der Waals surface area (Å²) >= 11 is 5.88. The largest absolute Gasteiger partial charge is 0.496 e. The van der Waals surface area contributed by atoms with Crippen molar-refractivity contribution in [2.24, 2.45) is 4.99 Å². The fraction of sp³-hybridized carbons (Fsp3) is 0.0556. The Balaban J connectivity index is 2.03. The van der Waals surface area contributed by atoms with Gasteiger partial charge in [0.25, 0.3) is 0 Å². The zero-order valence-corrected chi connectivity index (χ0v) is 12.3. The standard InChI is InChI=1S/C18H14ClNO/c1-21-18-11-10-17(15-4-2-3-5-16(15)18)20-12-13-6-8-14(19)9-7-13/h2-12H,1H3. The Bertz CT molecular complexity index is 794. The van der Waals surface area contributed by atoms with Crippen LogP contribution in [-0.4, -0.2) is 13.3 Å². The zero-order valence-electron chi connectivity index (χ0n) is 11.6. The second-order valence-corrected chi connectivity index (χ2v) is 5.08. The number of hydrogen-bond acceptors (Lipinski definition) is 2. The first kappa shape index (κ1) is 13.7. The van der Waals surface area contributed by atoms with Gasteiger partial charge >= 0.3 is 0 Å². The smallest absolute Gasteiger partial charge is 0.126 e. The van der Waals surface area contributed by atoms with Crippen LogP contribution < -0.4 is 4.74 Å². The predicted octanol–water partition coefficient (Wildman–Crippen LogP) is 5.25. The van der Waals surface area contributed by atoms with Crippen molar-refractivity contribution in [3.63, 3.8) is 0 Å². The maximum absolute atomic E-state index is 5.88. The van der Waals surface area contributed by atoms with Crippen LogP contribution in [0, 0.1) is 0 Å². The fourth-order valence-electron chi connectivity index (χ4n) is 2.24. The molecule has 0 saturated carbocycles. The lowest BCUT2D eigenvalue weighted by Crippen LogP contribution is -1.85. The zero-order chi connectivity index (χ0) is 14.7. The normalized spacial score (nSPS) is 11.1. The van der Waals surface area contributed by atoms with Gasteiger partial charge in [0.05, 0.1) is 12.8 Å². The molecule has 0 amide bonds. The van der Waals surface area contributed by atoms with Crippen LogP contribution in [0.1, 0.15) is 5.56 Å². The highest BCUT2D eigenvalue weighted by Crippen LogP contribution is 2.32. The molecule has 0 aliphatic heterocycles. The maximum Gasteiger partial charge on any atom is 0.126 e. The first-order valence-electron chi connectivity index (χ1n) is 6.63. The van der Waals surface area contributed by atoms with E-state index in [4.69, 9.17) is 16.3 Å². The summed E-state index contributed by atoms with van der Waals surface area (Å²) in [6.45, 7) is 0. The van der Waals surface area contributed by atoms with E-state index in [1.165, 1.54) is 0 Å². The number of benzene rings is 3. The number of hydrogen-bond donors (Lipinski definition) is 0. The van der Waals surface area contributed by atoms with Gasteiger partial charge in [-0.15, -0.1) is 0 Å². The van der Waals surface area contributed by atoms with E-state index >= 15 is 0 Å². The van der Waals surface area contributed by atoms with Crippen molar-refractivity contribution < 1.29 is 4.74 Å². The van der Waals surface area contributed by atoms with Gasteiger partial charge in [-0.2, -0.15) is 0 Å². The van der Waals surface area contributed by atoms with Crippen LogP contribution in [0.5, 0.6) is 5.75 Å². The highest BCUT2D eigenvalue weighted by Gasteiger charge is 2.04. The Hall–Kier alpha value is -2.32. The molecule has 3 heteroatoms. The van der Waals surface area contributed by atoms with E-state index in [9.17, 15) is 0 Å². The van der Waals surface area contributed by atoms with E-state index in [1.54, 1.807) is 7.11 Å². The Morgan fingerprint density at radius 3 is 2.33 bits per heavy atom. The van der Waals surface area contributed by atoms with Gasteiger partial charge in [0.2, 0.25) is 0 Å². The molecule has 0 heterocycles.